The number of alkyl halides is 2. The van der Waals surface area contributed by atoms with Gasteiger partial charge < -0.3 is 10.4 Å². The largest absolute Gasteiger partial charge is 0.387 e. The van der Waals surface area contributed by atoms with Crippen molar-refractivity contribution in [2.75, 3.05) is 6.54 Å². The third-order valence-corrected chi connectivity index (χ3v) is 4.08. The quantitative estimate of drug-likeness (QED) is 0.807. The Morgan fingerprint density at radius 3 is 3.00 bits per heavy atom. The molecule has 0 aromatic carbocycles. The molecule has 108 valence electrons. The Labute approximate surface area is 115 Å². The molecule has 0 amide bonds. The number of nitriles is 1. The third kappa shape index (κ3) is 2.09. The molecule has 0 bridgehead atoms. The Kier molecular flexibility index (Phi) is 3.03. The first-order valence-electron chi connectivity index (χ1n) is 6.72. The van der Waals surface area contributed by atoms with E-state index in [-0.39, 0.29) is 25.1 Å². The summed E-state index contributed by atoms with van der Waals surface area (Å²) in [5.41, 5.74) is -0.276. The van der Waals surface area contributed by atoms with Gasteiger partial charge in [0.2, 0.25) is 0 Å². The summed E-state index contributed by atoms with van der Waals surface area (Å²) in [6.07, 6.45) is -0.101. The summed E-state index contributed by atoms with van der Waals surface area (Å²) in [6, 6.07) is 1.88. The lowest BCUT2D eigenvalue weighted by atomic mass is 9.93. The topological polar surface area (TPSA) is 73.9 Å². The van der Waals surface area contributed by atoms with Crippen molar-refractivity contribution in [2.24, 2.45) is 0 Å². The SMILES string of the molecule is N#CCC1(O)CCC(F)(F)c2c3c(nn2C1)CCNC3. The van der Waals surface area contributed by atoms with E-state index in [0.717, 1.165) is 6.54 Å². The minimum absolute atomic E-state index is 0.0432. The molecule has 1 unspecified atom stereocenters. The molecule has 2 aliphatic rings. The molecule has 0 aliphatic carbocycles. The number of hydrogen-bond donors (Lipinski definition) is 2. The van der Waals surface area contributed by atoms with Crippen LogP contribution in [0, 0.1) is 11.3 Å². The lowest BCUT2D eigenvalue weighted by Crippen LogP contribution is -2.33. The van der Waals surface area contributed by atoms with Gasteiger partial charge in [0.1, 0.15) is 5.69 Å². The first-order chi connectivity index (χ1) is 9.45. The third-order valence-electron chi connectivity index (χ3n) is 4.08. The zero-order chi connectivity index (χ0) is 14.4. The van der Waals surface area contributed by atoms with E-state index in [2.05, 4.69) is 10.4 Å². The fraction of sp³-hybridized carbons (Fsp3) is 0.692. The van der Waals surface area contributed by atoms with Gasteiger partial charge in [0, 0.05) is 31.5 Å². The number of nitrogens with zero attached hydrogens (tertiary/aromatic N) is 3. The number of fused-ring (bicyclic) bond motifs is 3. The number of nitrogens with one attached hydrogen (secondary N) is 1. The van der Waals surface area contributed by atoms with Crippen LogP contribution in [0.25, 0.3) is 0 Å². The van der Waals surface area contributed by atoms with Crippen molar-refractivity contribution >= 4 is 0 Å². The van der Waals surface area contributed by atoms with E-state index in [4.69, 9.17) is 5.26 Å². The van der Waals surface area contributed by atoms with Gasteiger partial charge in [-0.3, -0.25) is 4.68 Å². The number of aromatic nitrogens is 2. The van der Waals surface area contributed by atoms with Gasteiger partial charge in [0.25, 0.3) is 5.92 Å². The number of halogens is 2. The van der Waals surface area contributed by atoms with Gasteiger partial charge >= 0.3 is 0 Å². The average Bonchev–Trinajstić information content (AvgIpc) is 2.70. The molecule has 0 spiro atoms. The second-order valence-electron chi connectivity index (χ2n) is 5.62. The predicted molar refractivity (Wildman–Crippen MR) is 65.9 cm³/mol. The van der Waals surface area contributed by atoms with Crippen molar-refractivity contribution in [3.05, 3.63) is 17.0 Å². The van der Waals surface area contributed by atoms with E-state index < -0.39 is 17.9 Å². The summed E-state index contributed by atoms with van der Waals surface area (Å²) in [5.74, 6) is -3.01. The maximum atomic E-state index is 14.4. The monoisotopic (exact) mass is 282 g/mol. The van der Waals surface area contributed by atoms with Crippen LogP contribution in [-0.2, 0) is 25.4 Å². The van der Waals surface area contributed by atoms with Crippen LogP contribution in [-0.4, -0.2) is 27.0 Å². The Balaban J connectivity index is 2.08. The van der Waals surface area contributed by atoms with E-state index in [0.29, 0.717) is 24.2 Å². The van der Waals surface area contributed by atoms with E-state index in [1.165, 1.54) is 4.68 Å². The van der Waals surface area contributed by atoms with Crippen molar-refractivity contribution in [3.8, 4) is 6.07 Å². The van der Waals surface area contributed by atoms with Crippen LogP contribution in [0.2, 0.25) is 0 Å². The van der Waals surface area contributed by atoms with Gasteiger partial charge in [0.05, 0.1) is 30.3 Å². The molecule has 1 atom stereocenters. The van der Waals surface area contributed by atoms with E-state index in [1.54, 1.807) is 0 Å². The van der Waals surface area contributed by atoms with Crippen molar-refractivity contribution in [2.45, 2.75) is 50.3 Å². The molecule has 7 heteroatoms. The highest BCUT2D eigenvalue weighted by molar-refractivity contribution is 5.32. The molecule has 1 aromatic rings. The van der Waals surface area contributed by atoms with Gasteiger partial charge in [-0.05, 0) is 6.42 Å². The van der Waals surface area contributed by atoms with Crippen LogP contribution >= 0.6 is 0 Å². The molecule has 0 saturated carbocycles. The molecule has 5 nitrogen and oxygen atoms in total. The van der Waals surface area contributed by atoms with Crippen LogP contribution in [0.5, 0.6) is 0 Å². The van der Waals surface area contributed by atoms with E-state index in [9.17, 15) is 13.9 Å². The van der Waals surface area contributed by atoms with Crippen LogP contribution in [0.1, 0.15) is 36.2 Å². The summed E-state index contributed by atoms with van der Waals surface area (Å²) in [6.45, 7) is 1.06. The van der Waals surface area contributed by atoms with Crippen molar-refractivity contribution in [1.29, 1.82) is 5.26 Å². The minimum Gasteiger partial charge on any atom is -0.387 e. The summed E-state index contributed by atoms with van der Waals surface area (Å²) >= 11 is 0. The van der Waals surface area contributed by atoms with E-state index in [1.807, 2.05) is 6.07 Å². The lowest BCUT2D eigenvalue weighted by molar-refractivity contribution is -0.0391. The zero-order valence-electron chi connectivity index (χ0n) is 11.0. The molecule has 20 heavy (non-hydrogen) atoms. The second-order valence-corrected chi connectivity index (χ2v) is 5.62. The number of aliphatic hydroxyl groups is 1. The summed E-state index contributed by atoms with van der Waals surface area (Å²) < 4.78 is 30.0. The highest BCUT2D eigenvalue weighted by Crippen LogP contribution is 2.42. The van der Waals surface area contributed by atoms with Gasteiger partial charge in [-0.1, -0.05) is 0 Å². The Morgan fingerprint density at radius 2 is 2.25 bits per heavy atom. The maximum Gasteiger partial charge on any atom is 0.289 e. The van der Waals surface area contributed by atoms with Crippen molar-refractivity contribution in [3.63, 3.8) is 0 Å². The normalized spacial score (nSPS) is 28.1. The van der Waals surface area contributed by atoms with Crippen LogP contribution in [0.3, 0.4) is 0 Å². The van der Waals surface area contributed by atoms with Crippen molar-refractivity contribution < 1.29 is 13.9 Å². The van der Waals surface area contributed by atoms with Crippen LogP contribution < -0.4 is 5.32 Å². The van der Waals surface area contributed by atoms with Crippen LogP contribution in [0.15, 0.2) is 0 Å². The lowest BCUT2D eigenvalue weighted by Gasteiger charge is -2.23. The van der Waals surface area contributed by atoms with E-state index >= 15 is 0 Å². The fourth-order valence-corrected chi connectivity index (χ4v) is 3.04. The average molecular weight is 282 g/mol. The molecule has 3 rings (SSSR count). The highest BCUT2D eigenvalue weighted by Gasteiger charge is 2.46. The molecular formula is C13H16F2N4O. The summed E-state index contributed by atoms with van der Waals surface area (Å²) in [7, 11) is 0. The smallest absolute Gasteiger partial charge is 0.289 e. The first-order valence-corrected chi connectivity index (χ1v) is 6.72. The Morgan fingerprint density at radius 1 is 1.45 bits per heavy atom. The molecule has 0 radical (unpaired) electrons. The molecule has 0 fully saturated rings. The molecule has 2 N–H and O–H groups in total. The first kappa shape index (κ1) is 13.5. The van der Waals surface area contributed by atoms with Gasteiger partial charge in [-0.2, -0.15) is 19.1 Å². The Hall–Kier alpha value is -1.52. The van der Waals surface area contributed by atoms with Crippen molar-refractivity contribution in [1.82, 2.24) is 15.1 Å². The summed E-state index contributed by atoms with van der Waals surface area (Å²) in [5, 5.41) is 26.5. The molecule has 0 saturated heterocycles. The summed E-state index contributed by atoms with van der Waals surface area (Å²) in [4.78, 5) is 0. The number of rotatable bonds is 1. The van der Waals surface area contributed by atoms with Gasteiger partial charge in [-0.25, -0.2) is 0 Å². The number of hydrogen-bond acceptors (Lipinski definition) is 4. The Bertz CT molecular complexity index is 578. The fourth-order valence-electron chi connectivity index (χ4n) is 3.04. The molecule has 1 aromatic heterocycles. The predicted octanol–water partition coefficient (Wildman–Crippen LogP) is 1.06. The second kappa shape index (κ2) is 4.50. The molecular weight excluding hydrogens is 266 g/mol. The van der Waals surface area contributed by atoms with Gasteiger partial charge in [0.15, 0.2) is 0 Å². The zero-order valence-corrected chi connectivity index (χ0v) is 11.0. The van der Waals surface area contributed by atoms with Crippen LogP contribution in [0.4, 0.5) is 8.78 Å². The minimum atomic E-state index is -3.01. The highest BCUT2D eigenvalue weighted by atomic mass is 19.3. The standard InChI is InChI=1S/C13H16F2N4O/c14-13(15)3-2-12(20,4-5-16)8-19-11(13)9-7-17-6-1-10(9)18-19/h17,20H,1-4,6-8H2. The molecule has 2 aliphatic heterocycles. The van der Waals surface area contributed by atoms with Gasteiger partial charge in [-0.15, -0.1) is 0 Å². The molecule has 3 heterocycles. The maximum absolute atomic E-state index is 14.4.